The maximum atomic E-state index is 14.4. The highest BCUT2D eigenvalue weighted by molar-refractivity contribution is 14.1. The van der Waals surface area contributed by atoms with Gasteiger partial charge in [0.05, 0.1) is 32.8 Å². The Labute approximate surface area is 283 Å². The molecule has 1 aliphatic rings. The van der Waals surface area contributed by atoms with Crippen LogP contribution >= 0.6 is 42.2 Å². The van der Waals surface area contributed by atoms with Gasteiger partial charge in [-0.15, -0.1) is 0 Å². The van der Waals surface area contributed by atoms with Gasteiger partial charge in [0, 0.05) is 15.7 Å². The number of halogens is 1. The number of phosphoric ester groups is 1. The van der Waals surface area contributed by atoms with Crippen LogP contribution in [0.4, 0.5) is 5.95 Å². The number of aromatic nitrogens is 4. The zero-order valence-corrected chi connectivity index (χ0v) is 29.2. The van der Waals surface area contributed by atoms with Crippen molar-refractivity contribution in [2.45, 2.75) is 51.2 Å². The van der Waals surface area contributed by atoms with Gasteiger partial charge >= 0.3 is 7.82 Å². The van der Waals surface area contributed by atoms with Crippen molar-refractivity contribution in [3.05, 3.63) is 86.0 Å². The third-order valence-electron chi connectivity index (χ3n) is 7.21. The molecule has 46 heavy (non-hydrogen) atoms. The summed E-state index contributed by atoms with van der Waals surface area (Å²) in [5.74, 6) is 0.331. The first-order valence-corrected chi connectivity index (χ1v) is 18.2. The van der Waals surface area contributed by atoms with Gasteiger partial charge in [-0.3, -0.25) is 32.7 Å². The van der Waals surface area contributed by atoms with E-state index in [0.29, 0.717) is 12.2 Å². The molecule has 0 amide bonds. The van der Waals surface area contributed by atoms with Gasteiger partial charge in [-0.2, -0.15) is 4.98 Å². The molecule has 16 heteroatoms. The molecule has 3 N–H and O–H groups in total. The van der Waals surface area contributed by atoms with Gasteiger partial charge in [-0.05, 0) is 60.1 Å². The van der Waals surface area contributed by atoms with E-state index in [1.54, 1.807) is 13.8 Å². The molecular formula is C30H35IN5O8PS. The normalized spacial score (nSPS) is 20.0. The summed E-state index contributed by atoms with van der Waals surface area (Å²) in [4.78, 5) is 37.8. The SMILES string of the molecule is CCOP(=O)(OCC)O[C@H]1C[C@H](n2cnc3c(=O)[nH]c(N)nc32)O[C@@]1(COCc1ccccc1)C(=O)SCCc1ccccc1I. The number of benzene rings is 2. The van der Waals surface area contributed by atoms with Crippen LogP contribution in [0.15, 0.2) is 65.7 Å². The van der Waals surface area contributed by atoms with Gasteiger partial charge in [-0.25, -0.2) is 9.55 Å². The maximum Gasteiger partial charge on any atom is 0.475 e. The van der Waals surface area contributed by atoms with Gasteiger partial charge in [0.15, 0.2) is 16.8 Å². The van der Waals surface area contributed by atoms with Crippen LogP contribution in [0.5, 0.6) is 0 Å². The van der Waals surface area contributed by atoms with Gasteiger partial charge in [-0.1, -0.05) is 60.3 Å². The molecule has 13 nitrogen and oxygen atoms in total. The number of carbonyl (C=O) groups excluding carboxylic acids is 1. The number of rotatable bonds is 15. The van der Waals surface area contributed by atoms with Crippen LogP contribution in [-0.2, 0) is 45.4 Å². The van der Waals surface area contributed by atoms with Crippen LogP contribution in [0, 0.1) is 3.57 Å². The first kappa shape index (κ1) is 34.7. The molecule has 246 valence electrons. The number of hydrogen-bond donors (Lipinski definition) is 2. The molecule has 3 heterocycles. The molecule has 2 aromatic heterocycles. The average Bonchev–Trinajstić information content (AvgIpc) is 3.61. The number of imidazole rings is 1. The van der Waals surface area contributed by atoms with Crippen molar-refractivity contribution in [2.75, 3.05) is 31.3 Å². The van der Waals surface area contributed by atoms with Crippen molar-refractivity contribution < 1.29 is 32.4 Å². The molecule has 3 atom stereocenters. The average molecular weight is 784 g/mol. The number of ether oxygens (including phenoxy) is 2. The van der Waals surface area contributed by atoms with Crippen molar-refractivity contribution >= 4 is 64.4 Å². The maximum absolute atomic E-state index is 14.4. The van der Waals surface area contributed by atoms with Gasteiger partial charge < -0.3 is 15.2 Å². The van der Waals surface area contributed by atoms with E-state index < -0.39 is 31.3 Å². The van der Waals surface area contributed by atoms with Crippen molar-refractivity contribution in [3.8, 4) is 0 Å². The second-order valence-electron chi connectivity index (χ2n) is 10.3. The second-order valence-corrected chi connectivity index (χ2v) is 14.2. The van der Waals surface area contributed by atoms with E-state index in [9.17, 15) is 14.2 Å². The van der Waals surface area contributed by atoms with Crippen molar-refractivity contribution in [2.24, 2.45) is 0 Å². The summed E-state index contributed by atoms with van der Waals surface area (Å²) in [7, 11) is -4.14. The highest BCUT2D eigenvalue weighted by Crippen LogP contribution is 2.55. The summed E-state index contributed by atoms with van der Waals surface area (Å²) >= 11 is 3.34. The van der Waals surface area contributed by atoms with Crippen molar-refractivity contribution in [1.29, 1.82) is 0 Å². The Hall–Kier alpha value is -2.63. The molecule has 1 saturated heterocycles. The van der Waals surface area contributed by atoms with Gasteiger partial charge in [0.25, 0.3) is 5.56 Å². The minimum Gasteiger partial charge on any atom is -0.373 e. The third kappa shape index (κ3) is 7.90. The molecule has 0 spiro atoms. The summed E-state index contributed by atoms with van der Waals surface area (Å²) in [6, 6.07) is 17.4. The highest BCUT2D eigenvalue weighted by Gasteiger charge is 2.58. The molecule has 1 aliphatic heterocycles. The molecule has 0 aliphatic carbocycles. The summed E-state index contributed by atoms with van der Waals surface area (Å²) in [5.41, 5.74) is 5.74. The Bertz CT molecular complexity index is 1750. The number of nitrogens with two attached hydrogens (primary N) is 1. The lowest BCUT2D eigenvalue weighted by atomic mass is 9.99. The highest BCUT2D eigenvalue weighted by atomic mass is 127. The van der Waals surface area contributed by atoms with Gasteiger partial charge in [0.2, 0.25) is 11.1 Å². The van der Waals surface area contributed by atoms with Crippen LogP contribution < -0.4 is 11.3 Å². The third-order valence-corrected chi connectivity index (χ3v) is 10.9. The minimum atomic E-state index is -4.14. The largest absolute Gasteiger partial charge is 0.475 e. The molecule has 4 aromatic rings. The summed E-state index contributed by atoms with van der Waals surface area (Å²) < 4.78 is 46.1. The number of nitrogens with zero attached hydrogens (tertiary/aromatic N) is 3. The van der Waals surface area contributed by atoms with E-state index in [1.165, 1.54) is 10.9 Å². The number of aromatic amines is 1. The lowest BCUT2D eigenvalue weighted by molar-refractivity contribution is -0.160. The van der Waals surface area contributed by atoms with Crippen LogP contribution in [0.25, 0.3) is 11.2 Å². The number of hydrogen-bond acceptors (Lipinski definition) is 12. The topological polar surface area (TPSA) is 170 Å². The van der Waals surface area contributed by atoms with Crippen molar-refractivity contribution in [3.63, 3.8) is 0 Å². The number of aryl methyl sites for hydroxylation is 1. The Kier molecular flexibility index (Phi) is 11.7. The summed E-state index contributed by atoms with van der Waals surface area (Å²) in [6.45, 7) is 3.36. The van der Waals surface area contributed by atoms with Crippen LogP contribution in [-0.4, -0.2) is 61.9 Å². The molecule has 1 fully saturated rings. The molecule has 0 radical (unpaired) electrons. The zero-order chi connectivity index (χ0) is 32.7. The van der Waals surface area contributed by atoms with Crippen molar-refractivity contribution in [1.82, 2.24) is 19.5 Å². The lowest BCUT2D eigenvalue weighted by Gasteiger charge is -2.33. The fourth-order valence-electron chi connectivity index (χ4n) is 5.10. The predicted octanol–water partition coefficient (Wildman–Crippen LogP) is 5.25. The quantitative estimate of drug-likeness (QED) is 0.119. The monoisotopic (exact) mass is 783 g/mol. The molecule has 2 aromatic carbocycles. The molecule has 0 bridgehead atoms. The Morgan fingerprint density at radius 3 is 2.61 bits per heavy atom. The smallest absolute Gasteiger partial charge is 0.373 e. The van der Waals surface area contributed by atoms with Gasteiger partial charge in [0.1, 0.15) is 12.3 Å². The number of thioether (sulfide) groups is 1. The van der Waals surface area contributed by atoms with E-state index in [4.69, 9.17) is 28.8 Å². The fraction of sp³-hybridized carbons (Fsp3) is 0.400. The number of fused-ring (bicyclic) bond motifs is 1. The molecule has 0 unspecified atom stereocenters. The lowest BCUT2D eigenvalue weighted by Crippen LogP contribution is -2.51. The molecule has 0 saturated carbocycles. The van der Waals surface area contributed by atoms with E-state index in [2.05, 4.69) is 37.5 Å². The Morgan fingerprint density at radius 1 is 1.17 bits per heavy atom. The van der Waals surface area contributed by atoms with Crippen LogP contribution in [0.1, 0.15) is 37.6 Å². The number of nitrogens with one attached hydrogen (secondary N) is 1. The van der Waals surface area contributed by atoms with E-state index in [-0.39, 0.29) is 55.1 Å². The zero-order valence-electron chi connectivity index (χ0n) is 25.3. The first-order valence-electron chi connectivity index (χ1n) is 14.7. The Morgan fingerprint density at radius 2 is 1.89 bits per heavy atom. The number of anilines is 1. The number of H-pyrrole nitrogens is 1. The standard InChI is InChI=1S/C30H35IN5O8PS/c1-3-41-45(39,42-4-2)44-23-16-24(36-19-33-25-26(36)34-29(32)35-27(25)37)43-30(23,18-40-17-20-10-6-5-7-11-20)28(38)46-15-14-21-12-8-9-13-22(21)31/h5-13,19,23-24H,3-4,14-18H2,1-2H3,(H3,32,34,35,37)/t23-,24+,30+/m0/s1. The Balaban J connectivity index is 1.51. The fourth-order valence-corrected chi connectivity index (χ4v) is 8.14. The predicted molar refractivity (Wildman–Crippen MR) is 182 cm³/mol. The second kappa shape index (κ2) is 15.5. The van der Waals surface area contributed by atoms with Crippen LogP contribution in [0.2, 0.25) is 0 Å². The molecule has 5 rings (SSSR count). The molecular weight excluding hydrogens is 748 g/mol. The van der Waals surface area contributed by atoms with E-state index in [0.717, 1.165) is 26.5 Å². The van der Waals surface area contributed by atoms with Crippen LogP contribution in [0.3, 0.4) is 0 Å². The number of carbonyl (C=O) groups is 1. The van der Waals surface area contributed by atoms with E-state index in [1.807, 2.05) is 54.6 Å². The summed E-state index contributed by atoms with van der Waals surface area (Å²) in [5, 5.41) is -0.381. The summed E-state index contributed by atoms with van der Waals surface area (Å²) in [6.07, 6.45) is -0.0675. The number of phosphoric acid groups is 1. The first-order chi connectivity index (χ1) is 22.2. The van der Waals surface area contributed by atoms with E-state index >= 15 is 0 Å². The minimum absolute atomic E-state index is 0.00155. The number of nitrogen functional groups attached to an aromatic ring is 1.